The molecule has 2 rings (SSSR count). The summed E-state index contributed by atoms with van der Waals surface area (Å²) in [5.41, 5.74) is 6.88. The topological polar surface area (TPSA) is 55.1 Å². The summed E-state index contributed by atoms with van der Waals surface area (Å²) >= 11 is 12.4. The minimum absolute atomic E-state index is 0.0514. The first-order valence-electron chi connectivity index (χ1n) is 9.78. The quantitative estimate of drug-likeness (QED) is 0.559. The van der Waals surface area contributed by atoms with E-state index < -0.39 is 0 Å². The molecule has 1 aliphatic rings. The maximum Gasteiger partial charge on any atom is 0.220 e. The van der Waals surface area contributed by atoms with Crippen LogP contribution in [-0.2, 0) is 10.2 Å². The van der Waals surface area contributed by atoms with Gasteiger partial charge in [0.25, 0.3) is 0 Å². The van der Waals surface area contributed by atoms with Crippen molar-refractivity contribution in [3.8, 4) is 0 Å². The molecule has 1 amide bonds. The second kappa shape index (κ2) is 9.43. The van der Waals surface area contributed by atoms with Crippen molar-refractivity contribution in [2.75, 3.05) is 6.54 Å². The van der Waals surface area contributed by atoms with Crippen LogP contribution in [0.3, 0.4) is 0 Å². The molecule has 3 N–H and O–H groups in total. The molecule has 146 valence electrons. The lowest BCUT2D eigenvalue weighted by molar-refractivity contribution is -0.122. The number of nitrogens with two attached hydrogens (primary N) is 1. The molecule has 1 saturated carbocycles. The highest BCUT2D eigenvalue weighted by Crippen LogP contribution is 2.49. The van der Waals surface area contributed by atoms with Gasteiger partial charge in [-0.05, 0) is 62.3 Å². The number of halogens is 2. The van der Waals surface area contributed by atoms with E-state index in [1.165, 1.54) is 12.0 Å². The van der Waals surface area contributed by atoms with Crippen molar-refractivity contribution in [3.63, 3.8) is 0 Å². The normalized spacial score (nSPS) is 18.4. The van der Waals surface area contributed by atoms with E-state index in [4.69, 9.17) is 28.9 Å². The zero-order valence-electron chi connectivity index (χ0n) is 16.2. The molecule has 26 heavy (non-hydrogen) atoms. The summed E-state index contributed by atoms with van der Waals surface area (Å²) in [6.45, 7) is 7.34. The van der Waals surface area contributed by atoms with Crippen molar-refractivity contribution >= 4 is 29.1 Å². The van der Waals surface area contributed by atoms with E-state index in [0.29, 0.717) is 22.0 Å². The molecular weight excluding hydrogens is 367 g/mol. The number of hydrogen-bond acceptors (Lipinski definition) is 2. The van der Waals surface area contributed by atoms with Gasteiger partial charge in [0.05, 0.1) is 10.0 Å². The molecule has 2 unspecified atom stereocenters. The molecule has 0 bridgehead atoms. The molecule has 3 nitrogen and oxygen atoms in total. The lowest BCUT2D eigenvalue weighted by Gasteiger charge is -2.49. The fraction of sp³-hybridized carbons (Fsp3) is 0.667. The average Bonchev–Trinajstić information content (AvgIpc) is 2.52. The minimum Gasteiger partial charge on any atom is -0.369 e. The van der Waals surface area contributed by atoms with E-state index in [9.17, 15) is 4.79 Å². The van der Waals surface area contributed by atoms with Crippen LogP contribution in [0.2, 0.25) is 10.0 Å². The van der Waals surface area contributed by atoms with Gasteiger partial charge in [-0.1, -0.05) is 56.5 Å². The van der Waals surface area contributed by atoms with E-state index in [1.807, 2.05) is 19.1 Å². The molecule has 0 radical (unpaired) electrons. The molecule has 2 atom stereocenters. The number of primary amides is 1. The smallest absolute Gasteiger partial charge is 0.220 e. The van der Waals surface area contributed by atoms with E-state index in [2.05, 4.69) is 25.2 Å². The van der Waals surface area contributed by atoms with Gasteiger partial charge in [0.15, 0.2) is 0 Å². The van der Waals surface area contributed by atoms with Gasteiger partial charge in [-0.2, -0.15) is 0 Å². The zero-order chi connectivity index (χ0) is 19.3. The van der Waals surface area contributed by atoms with Crippen molar-refractivity contribution in [1.29, 1.82) is 0 Å². The highest BCUT2D eigenvalue weighted by Gasteiger charge is 2.45. The third-order valence-corrected chi connectivity index (χ3v) is 6.63. The first-order chi connectivity index (χ1) is 12.3. The maximum atomic E-state index is 11.5. The van der Waals surface area contributed by atoms with E-state index >= 15 is 0 Å². The fourth-order valence-electron chi connectivity index (χ4n) is 4.16. The van der Waals surface area contributed by atoms with Crippen LogP contribution in [0.15, 0.2) is 18.2 Å². The molecule has 5 heteroatoms. The number of carbonyl (C=O) groups excluding carboxylic acids is 1. The van der Waals surface area contributed by atoms with Crippen molar-refractivity contribution in [3.05, 3.63) is 33.8 Å². The first-order valence-corrected chi connectivity index (χ1v) is 10.5. The number of nitrogens with one attached hydrogen (secondary N) is 1. The standard InChI is InChI=1S/C21H32Cl2N2O/c1-4-15(20(24)26)8-11-25-19(12-14(2)3)21(9-5-10-21)16-6-7-17(22)18(23)13-16/h6-7,13-15,19,25H,4-5,8-12H2,1-3H3,(H2,24,26). The Morgan fingerprint density at radius 1 is 1.27 bits per heavy atom. The monoisotopic (exact) mass is 398 g/mol. The van der Waals surface area contributed by atoms with Crippen LogP contribution in [0.5, 0.6) is 0 Å². The molecule has 1 fully saturated rings. The molecule has 1 aromatic rings. The summed E-state index contributed by atoms with van der Waals surface area (Å²) in [5.74, 6) is 0.341. The van der Waals surface area contributed by atoms with E-state index in [0.717, 1.165) is 38.6 Å². The Morgan fingerprint density at radius 2 is 1.96 bits per heavy atom. The largest absolute Gasteiger partial charge is 0.369 e. The summed E-state index contributed by atoms with van der Waals surface area (Å²) in [6.07, 6.45) is 6.22. The Bertz CT molecular complexity index is 614. The molecule has 0 saturated heterocycles. The van der Waals surface area contributed by atoms with Crippen LogP contribution in [0.4, 0.5) is 0 Å². The van der Waals surface area contributed by atoms with Crippen LogP contribution in [-0.4, -0.2) is 18.5 Å². The Balaban J connectivity index is 2.17. The van der Waals surface area contributed by atoms with Crippen LogP contribution >= 0.6 is 23.2 Å². The van der Waals surface area contributed by atoms with Crippen molar-refractivity contribution < 1.29 is 4.79 Å². The van der Waals surface area contributed by atoms with E-state index in [1.54, 1.807) is 0 Å². The molecule has 0 aliphatic heterocycles. The SMILES string of the molecule is CCC(CCNC(CC(C)C)C1(c2ccc(Cl)c(Cl)c2)CCC1)C(N)=O. The second-order valence-electron chi connectivity index (χ2n) is 8.07. The predicted molar refractivity (Wildman–Crippen MR) is 111 cm³/mol. The highest BCUT2D eigenvalue weighted by atomic mass is 35.5. The van der Waals surface area contributed by atoms with Gasteiger partial charge < -0.3 is 11.1 Å². The van der Waals surface area contributed by atoms with Crippen LogP contribution in [0.1, 0.15) is 64.9 Å². The van der Waals surface area contributed by atoms with Crippen LogP contribution in [0, 0.1) is 11.8 Å². The Hall–Kier alpha value is -0.770. The molecule has 0 spiro atoms. The summed E-state index contributed by atoms with van der Waals surface area (Å²) in [7, 11) is 0. The van der Waals surface area contributed by atoms with Crippen molar-refractivity contribution in [1.82, 2.24) is 5.32 Å². The summed E-state index contributed by atoms with van der Waals surface area (Å²) in [4.78, 5) is 11.5. The molecule has 0 aromatic heterocycles. The molecular formula is C21H32Cl2N2O. The number of benzene rings is 1. The summed E-state index contributed by atoms with van der Waals surface area (Å²) < 4.78 is 0. The van der Waals surface area contributed by atoms with E-state index in [-0.39, 0.29) is 17.2 Å². The number of hydrogen-bond donors (Lipinski definition) is 2. The molecule has 0 heterocycles. The third kappa shape index (κ3) is 4.94. The molecule has 1 aromatic carbocycles. The Morgan fingerprint density at radius 3 is 2.42 bits per heavy atom. The number of carbonyl (C=O) groups is 1. The third-order valence-electron chi connectivity index (χ3n) is 5.89. The van der Waals surface area contributed by atoms with Gasteiger partial charge >= 0.3 is 0 Å². The fourth-order valence-corrected chi connectivity index (χ4v) is 4.45. The zero-order valence-corrected chi connectivity index (χ0v) is 17.7. The lowest BCUT2D eigenvalue weighted by Crippen LogP contribution is -2.53. The highest BCUT2D eigenvalue weighted by molar-refractivity contribution is 6.42. The lowest BCUT2D eigenvalue weighted by atomic mass is 9.59. The predicted octanol–water partition coefficient (Wildman–Crippen LogP) is 5.32. The van der Waals surface area contributed by atoms with Gasteiger partial charge in [0, 0.05) is 17.4 Å². The Labute approximate surface area is 168 Å². The van der Waals surface area contributed by atoms with Crippen molar-refractivity contribution in [2.24, 2.45) is 17.6 Å². The average molecular weight is 399 g/mol. The summed E-state index contributed by atoms with van der Waals surface area (Å²) in [5, 5.41) is 4.99. The molecule has 1 aliphatic carbocycles. The van der Waals surface area contributed by atoms with Crippen LogP contribution < -0.4 is 11.1 Å². The Kier molecular flexibility index (Phi) is 7.81. The van der Waals surface area contributed by atoms with Gasteiger partial charge in [-0.25, -0.2) is 0 Å². The number of amides is 1. The first kappa shape index (κ1) is 21.5. The minimum atomic E-state index is -0.197. The van der Waals surface area contributed by atoms with Gasteiger partial charge in [0.1, 0.15) is 0 Å². The maximum absolute atomic E-state index is 11.5. The van der Waals surface area contributed by atoms with Crippen molar-refractivity contribution in [2.45, 2.75) is 70.8 Å². The number of rotatable bonds is 10. The van der Waals surface area contributed by atoms with Gasteiger partial charge in [0.2, 0.25) is 5.91 Å². The van der Waals surface area contributed by atoms with Gasteiger partial charge in [-0.15, -0.1) is 0 Å². The second-order valence-corrected chi connectivity index (χ2v) is 8.89. The van der Waals surface area contributed by atoms with Gasteiger partial charge in [-0.3, -0.25) is 4.79 Å². The van der Waals surface area contributed by atoms with Crippen LogP contribution in [0.25, 0.3) is 0 Å². The summed E-state index contributed by atoms with van der Waals surface area (Å²) in [6, 6.07) is 6.43.